The molecule has 288 valence electrons. The monoisotopic (exact) mass is 722 g/mol. The van der Waals surface area contributed by atoms with Crippen LogP contribution in [-0.2, 0) is 41.9 Å². The summed E-state index contributed by atoms with van der Waals surface area (Å²) in [5, 5.41) is 0. The first kappa shape index (κ1) is 41.3. The summed E-state index contributed by atoms with van der Waals surface area (Å²) in [6.07, 6.45) is 19.9. The molecular weight excluding hydrogens is 660 g/mol. The van der Waals surface area contributed by atoms with Crippen molar-refractivity contribution in [2.45, 2.75) is 180 Å². The van der Waals surface area contributed by atoms with Crippen LogP contribution in [0, 0.1) is 0 Å². The minimum atomic E-state index is -1.56. The minimum absolute atomic E-state index is 0.334. The topological polar surface area (TPSA) is 107 Å². The highest BCUT2D eigenvalue weighted by molar-refractivity contribution is 5.89. The number of carbonyl (C=O) groups is 3. The Morgan fingerprint density at radius 2 is 0.712 bits per heavy atom. The third-order valence-electron chi connectivity index (χ3n) is 10.5. The number of rotatable bonds is 10. The van der Waals surface area contributed by atoms with Crippen molar-refractivity contribution in [2.75, 3.05) is 0 Å². The van der Waals surface area contributed by atoms with E-state index in [2.05, 4.69) is 0 Å². The number of aryl methyl sites for hydroxylation is 2. The van der Waals surface area contributed by atoms with Gasteiger partial charge in [0.15, 0.2) is 0 Å². The average Bonchev–Trinajstić information content (AvgIpc) is 3.15. The first-order valence-corrected chi connectivity index (χ1v) is 20.3. The average molecular weight is 723 g/mol. The lowest BCUT2D eigenvalue weighted by Crippen LogP contribution is -2.44. The standard InChI is InChI=1S/C43H62O9/c1-3-35-23-27-37(28-24-35)39(44)49-51-42(31-19-15-11-7-5-8-12-16-20-32-42)47-41(46)48-43(33-21-17-13-9-6-10-14-18-22-34-43)52-50-40(45)38-29-25-36(4-2)26-30-38/h23-30H,3-22,31-34H2,1-2H3. The first-order valence-electron chi connectivity index (χ1n) is 20.3. The van der Waals surface area contributed by atoms with Crippen LogP contribution in [0.3, 0.4) is 0 Å². The van der Waals surface area contributed by atoms with Crippen molar-refractivity contribution in [3.8, 4) is 0 Å². The van der Waals surface area contributed by atoms with E-state index in [4.69, 9.17) is 29.0 Å². The Morgan fingerprint density at radius 1 is 0.442 bits per heavy atom. The van der Waals surface area contributed by atoms with Gasteiger partial charge >= 0.3 is 18.1 Å². The van der Waals surface area contributed by atoms with Crippen LogP contribution >= 0.6 is 0 Å². The zero-order chi connectivity index (χ0) is 36.9. The molecule has 2 fully saturated rings. The van der Waals surface area contributed by atoms with Crippen LogP contribution < -0.4 is 0 Å². The fourth-order valence-corrected chi connectivity index (χ4v) is 7.11. The molecule has 0 unspecified atom stereocenters. The molecule has 0 spiro atoms. The minimum Gasteiger partial charge on any atom is -0.398 e. The molecule has 2 aliphatic rings. The third-order valence-corrected chi connectivity index (χ3v) is 10.5. The van der Waals surface area contributed by atoms with E-state index in [-0.39, 0.29) is 0 Å². The van der Waals surface area contributed by atoms with Gasteiger partial charge in [-0.15, -0.1) is 9.78 Å². The Hall–Kier alpha value is -3.43. The third kappa shape index (κ3) is 14.2. The van der Waals surface area contributed by atoms with Crippen molar-refractivity contribution in [3.63, 3.8) is 0 Å². The zero-order valence-electron chi connectivity index (χ0n) is 31.8. The molecule has 4 rings (SSSR count). The smallest absolute Gasteiger partial charge is 0.398 e. The molecule has 0 N–H and O–H groups in total. The molecular formula is C43H62O9. The Labute approximate surface area is 311 Å². The molecule has 0 aromatic heterocycles. The number of hydrogen-bond donors (Lipinski definition) is 0. The van der Waals surface area contributed by atoms with Gasteiger partial charge in [-0.2, -0.15) is 0 Å². The number of carbonyl (C=O) groups excluding carboxylic acids is 3. The van der Waals surface area contributed by atoms with Gasteiger partial charge in [0.25, 0.3) is 11.6 Å². The molecule has 2 aromatic rings. The maximum absolute atomic E-state index is 14.0. The lowest BCUT2D eigenvalue weighted by atomic mass is 9.97. The lowest BCUT2D eigenvalue weighted by molar-refractivity contribution is -0.409. The Morgan fingerprint density at radius 3 is 0.981 bits per heavy atom. The Kier molecular flexibility index (Phi) is 18.0. The fraction of sp³-hybridized carbons (Fsp3) is 0.651. The molecule has 2 saturated carbocycles. The normalized spacial score (nSPS) is 19.3. The summed E-state index contributed by atoms with van der Waals surface area (Å²) in [5.74, 6) is -4.44. The van der Waals surface area contributed by atoms with E-state index in [1.165, 1.54) is 12.8 Å². The fourth-order valence-electron chi connectivity index (χ4n) is 7.11. The highest BCUT2D eigenvalue weighted by atomic mass is 17.3. The van der Waals surface area contributed by atoms with Crippen molar-refractivity contribution < 1.29 is 43.4 Å². The number of ether oxygens (including phenoxy) is 2. The van der Waals surface area contributed by atoms with Crippen LogP contribution in [0.2, 0.25) is 0 Å². The summed E-state index contributed by atoms with van der Waals surface area (Å²) < 4.78 is 12.3. The summed E-state index contributed by atoms with van der Waals surface area (Å²) in [4.78, 5) is 63.1. The van der Waals surface area contributed by atoms with Crippen molar-refractivity contribution in [1.29, 1.82) is 0 Å². The van der Waals surface area contributed by atoms with E-state index >= 15 is 0 Å². The molecule has 0 amide bonds. The molecule has 2 aliphatic carbocycles. The summed E-state index contributed by atoms with van der Waals surface area (Å²) in [5.41, 5.74) is 2.88. The van der Waals surface area contributed by atoms with E-state index in [9.17, 15) is 14.4 Å². The Balaban J connectivity index is 1.55. The first-order chi connectivity index (χ1) is 25.4. The van der Waals surface area contributed by atoms with Gasteiger partial charge in [-0.3, -0.25) is 9.78 Å². The van der Waals surface area contributed by atoms with Gasteiger partial charge in [-0.1, -0.05) is 128 Å². The van der Waals surface area contributed by atoms with Gasteiger partial charge in [-0.05, 0) is 73.9 Å². The van der Waals surface area contributed by atoms with Gasteiger partial charge in [-0.25, -0.2) is 14.4 Å². The quantitative estimate of drug-likeness (QED) is 0.102. The van der Waals surface area contributed by atoms with E-state index < -0.39 is 29.7 Å². The summed E-state index contributed by atoms with van der Waals surface area (Å²) in [7, 11) is 0. The number of hydrogen-bond acceptors (Lipinski definition) is 9. The molecule has 9 nitrogen and oxygen atoms in total. The van der Waals surface area contributed by atoms with Crippen molar-refractivity contribution in [3.05, 3.63) is 70.8 Å². The molecule has 0 saturated heterocycles. The second-order valence-electron chi connectivity index (χ2n) is 14.6. The highest BCUT2D eigenvalue weighted by Gasteiger charge is 2.44. The van der Waals surface area contributed by atoms with Crippen LogP contribution in [0.25, 0.3) is 0 Å². The van der Waals surface area contributed by atoms with E-state index in [1.807, 2.05) is 38.1 Å². The number of benzene rings is 2. The van der Waals surface area contributed by atoms with Crippen LogP contribution in [0.1, 0.15) is 187 Å². The summed E-state index contributed by atoms with van der Waals surface area (Å²) in [6.45, 7) is 4.10. The molecule has 2 aromatic carbocycles. The second kappa shape index (κ2) is 22.6. The van der Waals surface area contributed by atoms with Crippen LogP contribution in [0.5, 0.6) is 0 Å². The van der Waals surface area contributed by atoms with Gasteiger partial charge in [0.1, 0.15) is 0 Å². The van der Waals surface area contributed by atoms with E-state index in [0.29, 0.717) is 62.5 Å². The van der Waals surface area contributed by atoms with E-state index in [1.54, 1.807) is 24.3 Å². The van der Waals surface area contributed by atoms with Crippen molar-refractivity contribution in [1.82, 2.24) is 0 Å². The molecule has 0 atom stereocenters. The molecule has 9 heteroatoms. The highest BCUT2D eigenvalue weighted by Crippen LogP contribution is 2.35. The largest absolute Gasteiger partial charge is 0.513 e. The van der Waals surface area contributed by atoms with Crippen molar-refractivity contribution >= 4 is 18.1 Å². The Bertz CT molecular complexity index is 1210. The van der Waals surface area contributed by atoms with Gasteiger partial charge in [0.05, 0.1) is 11.1 Å². The molecule has 0 aliphatic heterocycles. The van der Waals surface area contributed by atoms with Crippen LogP contribution in [-0.4, -0.2) is 29.7 Å². The van der Waals surface area contributed by atoms with Crippen molar-refractivity contribution in [2.24, 2.45) is 0 Å². The lowest BCUT2D eigenvalue weighted by Gasteiger charge is -2.35. The maximum Gasteiger partial charge on any atom is 0.513 e. The van der Waals surface area contributed by atoms with Crippen LogP contribution in [0.15, 0.2) is 48.5 Å². The molecule has 0 bridgehead atoms. The predicted molar refractivity (Wildman–Crippen MR) is 199 cm³/mol. The van der Waals surface area contributed by atoms with Gasteiger partial charge in [0.2, 0.25) is 0 Å². The van der Waals surface area contributed by atoms with E-state index in [0.717, 1.165) is 101 Å². The van der Waals surface area contributed by atoms with Crippen LogP contribution in [0.4, 0.5) is 4.79 Å². The second-order valence-corrected chi connectivity index (χ2v) is 14.6. The molecule has 0 heterocycles. The maximum atomic E-state index is 14.0. The zero-order valence-corrected chi connectivity index (χ0v) is 31.8. The molecule has 0 radical (unpaired) electrons. The summed E-state index contributed by atoms with van der Waals surface area (Å²) in [6, 6.07) is 14.3. The SMILES string of the molecule is CCc1ccc(C(=O)OOC2(OC(=O)OC3(OOC(=O)c4ccc(CC)cc4)CCCCCCCCCCC3)CCCCCCCCCCC2)cc1. The summed E-state index contributed by atoms with van der Waals surface area (Å²) >= 11 is 0. The van der Waals surface area contributed by atoms with Gasteiger partial charge in [0, 0.05) is 25.7 Å². The molecule has 52 heavy (non-hydrogen) atoms. The van der Waals surface area contributed by atoms with Gasteiger partial charge < -0.3 is 9.47 Å². The predicted octanol–water partition coefficient (Wildman–Crippen LogP) is 11.8.